The van der Waals surface area contributed by atoms with Crippen LogP contribution in [0.5, 0.6) is 5.75 Å². The number of hydrogen-bond donors (Lipinski definition) is 2. The highest BCUT2D eigenvalue weighted by atomic mass is 16.5. The molecule has 162 valence electrons. The largest absolute Gasteiger partial charge is 0.490 e. The van der Waals surface area contributed by atoms with Crippen molar-refractivity contribution in [1.82, 2.24) is 9.78 Å². The van der Waals surface area contributed by atoms with E-state index in [9.17, 15) is 9.90 Å². The van der Waals surface area contributed by atoms with Gasteiger partial charge in [-0.25, -0.2) is 4.68 Å². The van der Waals surface area contributed by atoms with Crippen LogP contribution in [0, 0.1) is 32.1 Å². The third-order valence-corrected chi connectivity index (χ3v) is 7.00. The van der Waals surface area contributed by atoms with Crippen LogP contribution in [0.25, 0.3) is 0 Å². The first-order valence-electron chi connectivity index (χ1n) is 10.8. The van der Waals surface area contributed by atoms with Gasteiger partial charge in [-0.3, -0.25) is 4.79 Å². The zero-order chi connectivity index (χ0) is 21.8. The number of aliphatic hydroxyl groups is 2. The second kappa shape index (κ2) is 7.50. The predicted octanol–water partition coefficient (Wildman–Crippen LogP) is 3.11. The Bertz CT molecular complexity index is 968. The number of aliphatic hydroxyl groups excluding tert-OH is 2. The quantitative estimate of drug-likeness (QED) is 0.730. The van der Waals surface area contributed by atoms with Gasteiger partial charge in [0.05, 0.1) is 18.0 Å². The monoisotopic (exact) mass is 412 g/mol. The van der Waals surface area contributed by atoms with Crippen molar-refractivity contribution < 1.29 is 19.7 Å². The van der Waals surface area contributed by atoms with E-state index in [0.29, 0.717) is 30.1 Å². The molecule has 0 aliphatic heterocycles. The molecule has 6 heteroatoms. The molecule has 1 aromatic carbocycles. The third kappa shape index (κ3) is 3.46. The zero-order valence-corrected chi connectivity index (χ0v) is 18.5. The molecule has 0 radical (unpaired) electrons. The number of aryl methyl sites for hydroxylation is 4. The van der Waals surface area contributed by atoms with Gasteiger partial charge in [0, 0.05) is 12.0 Å². The van der Waals surface area contributed by atoms with Gasteiger partial charge in [-0.1, -0.05) is 26.0 Å². The third-order valence-electron chi connectivity index (χ3n) is 7.00. The van der Waals surface area contributed by atoms with Crippen molar-refractivity contribution in [2.75, 3.05) is 13.2 Å². The maximum absolute atomic E-state index is 12.9. The van der Waals surface area contributed by atoms with E-state index < -0.39 is 6.10 Å². The van der Waals surface area contributed by atoms with Crippen LogP contribution in [0.2, 0.25) is 0 Å². The van der Waals surface area contributed by atoms with E-state index in [4.69, 9.17) is 9.84 Å². The molecule has 1 aromatic heterocycles. The maximum Gasteiger partial charge on any atom is 0.247 e. The number of fused-ring (bicyclic) bond motifs is 3. The summed E-state index contributed by atoms with van der Waals surface area (Å²) >= 11 is 0. The molecule has 6 nitrogen and oxygen atoms in total. The Hall–Kier alpha value is -2.18. The van der Waals surface area contributed by atoms with E-state index in [2.05, 4.69) is 18.9 Å². The number of carbonyl (C=O) groups excluding carboxylic acids is 1. The van der Waals surface area contributed by atoms with Crippen LogP contribution in [0.1, 0.15) is 64.6 Å². The summed E-state index contributed by atoms with van der Waals surface area (Å²) in [5.74, 6) is 2.00. The Morgan fingerprint density at radius 3 is 2.60 bits per heavy atom. The Labute approximate surface area is 177 Å². The fraction of sp³-hybridized carbons (Fsp3) is 0.583. The predicted molar refractivity (Wildman–Crippen MR) is 114 cm³/mol. The van der Waals surface area contributed by atoms with Crippen molar-refractivity contribution in [2.45, 2.75) is 65.9 Å². The highest BCUT2D eigenvalue weighted by Gasteiger charge is 2.64. The zero-order valence-electron chi connectivity index (χ0n) is 18.5. The molecule has 1 unspecified atom stereocenters. The molecule has 2 aromatic rings. The van der Waals surface area contributed by atoms with Crippen molar-refractivity contribution in [3.05, 3.63) is 45.8 Å². The van der Waals surface area contributed by atoms with E-state index in [0.717, 1.165) is 40.2 Å². The van der Waals surface area contributed by atoms with Gasteiger partial charge in [0.2, 0.25) is 5.91 Å². The van der Waals surface area contributed by atoms with Gasteiger partial charge in [-0.2, -0.15) is 5.10 Å². The van der Waals surface area contributed by atoms with Crippen molar-refractivity contribution >= 4 is 5.91 Å². The SMILES string of the molecule is Cc1cc(CCC(=O)n2nc(C)c3c2C[C@@H]2[C@H]3C2(C)C)cc(C)c1OCC(O)CO. The van der Waals surface area contributed by atoms with Gasteiger partial charge in [0.15, 0.2) is 0 Å². The standard InChI is InChI=1S/C24H32N2O4/c1-13-8-16(9-14(2)23(13)30-12-17(28)11-27)6-7-20(29)26-19-10-18-22(24(18,4)5)21(19)15(3)25-26/h8-9,17-18,22,27-28H,6-7,10-12H2,1-5H3/t17?,18-,22-/m1/s1. The number of ether oxygens (including phenoxy) is 1. The maximum atomic E-state index is 12.9. The van der Waals surface area contributed by atoms with Crippen LogP contribution in [-0.2, 0) is 12.8 Å². The lowest BCUT2D eigenvalue weighted by atomic mass is 9.98. The summed E-state index contributed by atoms with van der Waals surface area (Å²) in [4.78, 5) is 12.9. The number of benzene rings is 1. The average Bonchev–Trinajstić information content (AvgIpc) is 3.02. The van der Waals surface area contributed by atoms with E-state index in [1.807, 2.05) is 32.9 Å². The number of nitrogens with zero attached hydrogens (tertiary/aromatic N) is 2. The molecule has 0 amide bonds. The minimum Gasteiger partial charge on any atom is -0.490 e. The summed E-state index contributed by atoms with van der Waals surface area (Å²) in [7, 11) is 0. The lowest BCUT2D eigenvalue weighted by Crippen LogP contribution is -2.21. The molecule has 0 bridgehead atoms. The molecule has 0 saturated heterocycles. The Morgan fingerprint density at radius 2 is 1.97 bits per heavy atom. The first-order valence-corrected chi connectivity index (χ1v) is 10.8. The van der Waals surface area contributed by atoms with Gasteiger partial charge < -0.3 is 14.9 Å². The van der Waals surface area contributed by atoms with E-state index >= 15 is 0 Å². The van der Waals surface area contributed by atoms with Crippen molar-refractivity contribution in [2.24, 2.45) is 11.3 Å². The molecule has 1 fully saturated rings. The topological polar surface area (TPSA) is 84.6 Å². The van der Waals surface area contributed by atoms with Crippen molar-refractivity contribution in [3.8, 4) is 5.75 Å². The average molecular weight is 413 g/mol. The Morgan fingerprint density at radius 1 is 1.30 bits per heavy atom. The van der Waals surface area contributed by atoms with Gasteiger partial charge in [0.25, 0.3) is 0 Å². The molecule has 2 aliphatic carbocycles. The molecular weight excluding hydrogens is 380 g/mol. The van der Waals surface area contributed by atoms with Crippen molar-refractivity contribution in [3.63, 3.8) is 0 Å². The minimum absolute atomic E-state index is 0.0541. The smallest absolute Gasteiger partial charge is 0.247 e. The number of hydrogen-bond acceptors (Lipinski definition) is 5. The molecule has 1 heterocycles. The molecule has 0 spiro atoms. The van der Waals surface area contributed by atoms with Crippen LogP contribution in [-0.4, -0.2) is 45.2 Å². The molecular formula is C24H32N2O4. The molecule has 4 rings (SSSR count). The van der Waals surface area contributed by atoms with E-state index in [1.165, 1.54) is 5.56 Å². The summed E-state index contributed by atoms with van der Waals surface area (Å²) in [5, 5.41) is 23.0. The van der Waals surface area contributed by atoms with Gasteiger partial charge in [-0.05, 0) is 67.6 Å². The normalized spacial score (nSPS) is 21.8. The van der Waals surface area contributed by atoms with Crippen molar-refractivity contribution in [1.29, 1.82) is 0 Å². The van der Waals surface area contributed by atoms with Gasteiger partial charge >= 0.3 is 0 Å². The molecule has 1 saturated carbocycles. The summed E-state index contributed by atoms with van der Waals surface area (Å²) < 4.78 is 7.33. The Balaban J connectivity index is 1.43. The fourth-order valence-corrected chi connectivity index (χ4v) is 5.30. The highest BCUT2D eigenvalue weighted by Crippen LogP contribution is 2.70. The summed E-state index contributed by atoms with van der Waals surface area (Å²) in [6, 6.07) is 4.05. The minimum atomic E-state index is -0.892. The highest BCUT2D eigenvalue weighted by molar-refractivity contribution is 5.80. The lowest BCUT2D eigenvalue weighted by molar-refractivity contribution is 0.0531. The van der Waals surface area contributed by atoms with Crippen LogP contribution in [0.3, 0.4) is 0 Å². The second-order valence-corrected chi connectivity index (χ2v) is 9.57. The van der Waals surface area contributed by atoms with Crippen LogP contribution >= 0.6 is 0 Å². The summed E-state index contributed by atoms with van der Waals surface area (Å²) in [6.45, 7) is 10.3. The molecule has 30 heavy (non-hydrogen) atoms. The summed E-state index contributed by atoms with van der Waals surface area (Å²) in [5.41, 5.74) is 6.80. The Kier molecular flexibility index (Phi) is 5.27. The van der Waals surface area contributed by atoms with Gasteiger partial charge in [0.1, 0.15) is 18.5 Å². The fourth-order valence-electron chi connectivity index (χ4n) is 5.30. The molecule has 2 N–H and O–H groups in total. The number of rotatable bonds is 7. The molecule has 3 atom stereocenters. The van der Waals surface area contributed by atoms with Crippen LogP contribution < -0.4 is 4.74 Å². The second-order valence-electron chi connectivity index (χ2n) is 9.57. The first kappa shape index (κ1) is 21.1. The van der Waals surface area contributed by atoms with Crippen LogP contribution in [0.15, 0.2) is 12.1 Å². The summed E-state index contributed by atoms with van der Waals surface area (Å²) in [6.07, 6.45) is 1.13. The number of carbonyl (C=O) groups is 1. The van der Waals surface area contributed by atoms with Gasteiger partial charge in [-0.15, -0.1) is 0 Å². The number of aromatic nitrogens is 2. The van der Waals surface area contributed by atoms with Crippen LogP contribution in [0.4, 0.5) is 0 Å². The van der Waals surface area contributed by atoms with E-state index in [1.54, 1.807) is 4.68 Å². The lowest BCUT2D eigenvalue weighted by Gasteiger charge is -2.16. The van der Waals surface area contributed by atoms with E-state index in [-0.39, 0.29) is 19.1 Å². The first-order chi connectivity index (χ1) is 14.1. The molecule has 2 aliphatic rings.